The van der Waals surface area contributed by atoms with E-state index in [2.05, 4.69) is 0 Å². The van der Waals surface area contributed by atoms with Gasteiger partial charge in [-0.25, -0.2) is 0 Å². The normalized spacial score (nSPS) is 22.0. The lowest BCUT2D eigenvalue weighted by molar-refractivity contribution is -0.271. The van der Waals surface area contributed by atoms with E-state index in [1.807, 2.05) is 91.0 Å². The molecule has 1 fully saturated rings. The van der Waals surface area contributed by atoms with Crippen molar-refractivity contribution in [3.63, 3.8) is 0 Å². The average molecular weight is 477 g/mol. The Balaban J connectivity index is 1.48. The highest BCUT2D eigenvalue weighted by Crippen LogP contribution is 2.28. The second-order valence-corrected chi connectivity index (χ2v) is 8.55. The van der Waals surface area contributed by atoms with Gasteiger partial charge in [-0.15, -0.1) is 0 Å². The van der Waals surface area contributed by atoms with Crippen LogP contribution >= 0.6 is 0 Å². The molecule has 6 heteroatoms. The van der Waals surface area contributed by atoms with Crippen LogP contribution in [0.3, 0.4) is 0 Å². The maximum absolute atomic E-state index is 11.7. The van der Waals surface area contributed by atoms with Crippen molar-refractivity contribution in [1.29, 1.82) is 0 Å². The molecular weight excluding hydrogens is 444 g/mol. The van der Waals surface area contributed by atoms with Crippen LogP contribution in [-0.4, -0.2) is 37.2 Å². The fourth-order valence-corrected chi connectivity index (χ4v) is 4.08. The predicted molar refractivity (Wildman–Crippen MR) is 131 cm³/mol. The summed E-state index contributed by atoms with van der Waals surface area (Å²) in [4.78, 5) is 11.7. The molecule has 1 heterocycles. The van der Waals surface area contributed by atoms with Crippen LogP contribution < -0.4 is 0 Å². The first-order valence-electron chi connectivity index (χ1n) is 11.9. The van der Waals surface area contributed by atoms with Gasteiger partial charge in [-0.1, -0.05) is 91.0 Å². The van der Waals surface area contributed by atoms with Gasteiger partial charge in [0.05, 0.1) is 32.5 Å². The van der Waals surface area contributed by atoms with Gasteiger partial charge in [-0.05, 0) is 16.7 Å². The highest BCUT2D eigenvalue weighted by Gasteiger charge is 2.42. The zero-order valence-corrected chi connectivity index (χ0v) is 20.0. The lowest BCUT2D eigenvalue weighted by atomic mass is 10.0. The van der Waals surface area contributed by atoms with Gasteiger partial charge in [0.15, 0.2) is 0 Å². The van der Waals surface area contributed by atoms with Gasteiger partial charge >= 0.3 is 5.97 Å². The van der Waals surface area contributed by atoms with E-state index in [1.54, 1.807) is 0 Å². The summed E-state index contributed by atoms with van der Waals surface area (Å²) in [6.45, 7) is 2.92. The average Bonchev–Trinajstić information content (AvgIpc) is 2.88. The van der Waals surface area contributed by atoms with Crippen molar-refractivity contribution >= 4 is 5.97 Å². The number of hydrogen-bond acceptors (Lipinski definition) is 6. The van der Waals surface area contributed by atoms with Crippen LogP contribution in [0.1, 0.15) is 30.0 Å². The Labute approximate surface area is 206 Å². The molecule has 4 rings (SSSR count). The van der Waals surface area contributed by atoms with Crippen LogP contribution in [0, 0.1) is 0 Å². The Morgan fingerprint density at radius 2 is 1.29 bits per heavy atom. The molecular formula is C29H32O6. The SMILES string of the molecule is CC(=O)OC1C[C@@H](OCc2ccccc2)[C@H](OCc2ccccc2)[C@@H](COCc2ccccc2)O1. The molecule has 0 radical (unpaired) electrons. The van der Waals surface area contributed by atoms with Crippen LogP contribution in [0.5, 0.6) is 0 Å². The molecule has 0 amide bonds. The number of benzene rings is 3. The van der Waals surface area contributed by atoms with E-state index in [9.17, 15) is 4.79 Å². The van der Waals surface area contributed by atoms with E-state index in [0.29, 0.717) is 26.2 Å². The van der Waals surface area contributed by atoms with Crippen LogP contribution in [0.2, 0.25) is 0 Å². The molecule has 1 unspecified atom stereocenters. The number of ether oxygens (including phenoxy) is 5. The monoisotopic (exact) mass is 476 g/mol. The highest BCUT2D eigenvalue weighted by molar-refractivity contribution is 5.66. The van der Waals surface area contributed by atoms with Crippen molar-refractivity contribution in [2.45, 2.75) is 57.8 Å². The number of hydrogen-bond donors (Lipinski definition) is 0. The van der Waals surface area contributed by atoms with E-state index in [0.717, 1.165) is 16.7 Å². The van der Waals surface area contributed by atoms with Crippen LogP contribution in [-0.2, 0) is 48.3 Å². The first-order chi connectivity index (χ1) is 17.2. The summed E-state index contributed by atoms with van der Waals surface area (Å²) < 4.78 is 30.3. The van der Waals surface area contributed by atoms with E-state index in [4.69, 9.17) is 23.7 Å². The summed E-state index contributed by atoms with van der Waals surface area (Å²) >= 11 is 0. The van der Waals surface area contributed by atoms with Crippen LogP contribution in [0.25, 0.3) is 0 Å². The molecule has 0 spiro atoms. The fraction of sp³-hybridized carbons (Fsp3) is 0.345. The Morgan fingerprint density at radius 3 is 1.83 bits per heavy atom. The molecule has 0 N–H and O–H groups in total. The second kappa shape index (κ2) is 13.2. The molecule has 0 bridgehead atoms. The smallest absolute Gasteiger partial charge is 0.304 e. The first kappa shape index (κ1) is 25.1. The third-order valence-electron chi connectivity index (χ3n) is 5.77. The Hall–Kier alpha value is -3.03. The van der Waals surface area contributed by atoms with Gasteiger partial charge in [0.1, 0.15) is 12.2 Å². The molecule has 0 saturated carbocycles. The van der Waals surface area contributed by atoms with Crippen LogP contribution in [0.15, 0.2) is 91.0 Å². The fourth-order valence-electron chi connectivity index (χ4n) is 4.08. The zero-order valence-electron chi connectivity index (χ0n) is 20.0. The zero-order chi connectivity index (χ0) is 24.3. The molecule has 1 aliphatic heterocycles. The molecule has 184 valence electrons. The summed E-state index contributed by atoms with van der Waals surface area (Å²) in [7, 11) is 0. The largest absolute Gasteiger partial charge is 0.436 e. The number of carbonyl (C=O) groups is 1. The Morgan fingerprint density at radius 1 is 0.771 bits per heavy atom. The minimum absolute atomic E-state index is 0.275. The van der Waals surface area contributed by atoms with Crippen molar-refractivity contribution < 1.29 is 28.5 Å². The third-order valence-corrected chi connectivity index (χ3v) is 5.77. The molecule has 0 aromatic heterocycles. The molecule has 0 aliphatic carbocycles. The van der Waals surface area contributed by atoms with Gasteiger partial charge in [0.2, 0.25) is 6.29 Å². The second-order valence-electron chi connectivity index (χ2n) is 8.55. The van der Waals surface area contributed by atoms with E-state index >= 15 is 0 Å². The standard InChI is InChI=1S/C29H32O6/c1-22(30)34-28-17-26(32-19-24-13-7-3-8-14-24)29(33-20-25-15-9-4-10-16-25)27(35-28)21-31-18-23-11-5-2-6-12-23/h2-16,26-29H,17-21H2,1H3/t26-,27-,28?,29+/m1/s1. The summed E-state index contributed by atoms with van der Waals surface area (Å²) in [5, 5.41) is 0. The van der Waals surface area contributed by atoms with Crippen molar-refractivity contribution in [3.05, 3.63) is 108 Å². The van der Waals surface area contributed by atoms with Gasteiger partial charge in [0, 0.05) is 13.3 Å². The number of esters is 1. The van der Waals surface area contributed by atoms with Crippen molar-refractivity contribution in [2.75, 3.05) is 6.61 Å². The molecule has 4 atom stereocenters. The third kappa shape index (κ3) is 8.01. The minimum atomic E-state index is -0.727. The maximum atomic E-state index is 11.7. The van der Waals surface area contributed by atoms with E-state index in [1.165, 1.54) is 6.92 Å². The number of carbonyl (C=O) groups excluding carboxylic acids is 1. The van der Waals surface area contributed by atoms with Gasteiger partial charge < -0.3 is 23.7 Å². The van der Waals surface area contributed by atoms with E-state index < -0.39 is 24.5 Å². The van der Waals surface area contributed by atoms with Crippen molar-refractivity contribution in [1.82, 2.24) is 0 Å². The predicted octanol–water partition coefficient (Wildman–Crippen LogP) is 5.05. The molecule has 1 aliphatic rings. The van der Waals surface area contributed by atoms with Crippen molar-refractivity contribution in [3.8, 4) is 0 Å². The van der Waals surface area contributed by atoms with Gasteiger partial charge in [-0.3, -0.25) is 4.79 Å². The van der Waals surface area contributed by atoms with Crippen molar-refractivity contribution in [2.24, 2.45) is 0 Å². The van der Waals surface area contributed by atoms with Gasteiger partial charge in [0.25, 0.3) is 0 Å². The Bertz CT molecular complexity index is 1010. The quantitative estimate of drug-likeness (QED) is 0.361. The Kier molecular flexibility index (Phi) is 9.43. The molecule has 35 heavy (non-hydrogen) atoms. The van der Waals surface area contributed by atoms with Gasteiger partial charge in [-0.2, -0.15) is 0 Å². The lowest BCUT2D eigenvalue weighted by Crippen LogP contribution is -2.53. The first-order valence-corrected chi connectivity index (χ1v) is 11.9. The minimum Gasteiger partial charge on any atom is -0.436 e. The summed E-state index contributed by atoms with van der Waals surface area (Å²) in [6, 6.07) is 29.9. The van der Waals surface area contributed by atoms with Crippen LogP contribution in [0.4, 0.5) is 0 Å². The topological polar surface area (TPSA) is 63.2 Å². The summed E-state index contributed by atoms with van der Waals surface area (Å²) in [6.07, 6.45) is -1.57. The highest BCUT2D eigenvalue weighted by atomic mass is 16.7. The summed E-state index contributed by atoms with van der Waals surface area (Å²) in [5.74, 6) is -0.399. The molecule has 3 aromatic carbocycles. The lowest BCUT2D eigenvalue weighted by Gasteiger charge is -2.40. The summed E-state index contributed by atoms with van der Waals surface area (Å²) in [5.41, 5.74) is 3.18. The molecule has 1 saturated heterocycles. The number of rotatable bonds is 11. The van der Waals surface area contributed by atoms with E-state index in [-0.39, 0.29) is 12.7 Å². The maximum Gasteiger partial charge on any atom is 0.304 e. The molecule has 3 aromatic rings. The molecule has 6 nitrogen and oxygen atoms in total.